The number of nitrogens with zero attached hydrogens (tertiary/aromatic N) is 1. The van der Waals surface area contributed by atoms with Gasteiger partial charge in [-0.2, -0.15) is 4.31 Å². The molecule has 0 aromatic heterocycles. The summed E-state index contributed by atoms with van der Waals surface area (Å²) in [5, 5.41) is 2.81. The highest BCUT2D eigenvalue weighted by atomic mass is 32.2. The summed E-state index contributed by atoms with van der Waals surface area (Å²) in [7, 11) is -2.42. The number of sulfonamides is 1. The Morgan fingerprint density at radius 1 is 0.909 bits per heavy atom. The van der Waals surface area contributed by atoms with E-state index in [2.05, 4.69) is 5.32 Å². The molecule has 0 atom stereocenters. The molecular weight excluding hydrogens is 436 g/mol. The maximum atomic E-state index is 13.8. The number of anilines is 1. The molecule has 3 rings (SSSR count). The van der Waals surface area contributed by atoms with Gasteiger partial charge >= 0.3 is 0 Å². The largest absolute Gasteiger partial charge is 0.495 e. The minimum absolute atomic E-state index is 0.0777. The number of hydrogen-bond donors (Lipinski definition) is 1. The zero-order valence-electron chi connectivity index (χ0n) is 19.7. The van der Waals surface area contributed by atoms with Crippen molar-refractivity contribution in [3.05, 3.63) is 88.5 Å². The highest BCUT2D eigenvalue weighted by Gasteiger charge is 2.30. The molecule has 0 fully saturated rings. The molecule has 1 amide bonds. The Bertz CT molecular complexity index is 1230. The molecule has 33 heavy (non-hydrogen) atoms. The molecular formula is C26H30N2O4S. The van der Waals surface area contributed by atoms with Crippen LogP contribution in [0.4, 0.5) is 5.69 Å². The quantitative estimate of drug-likeness (QED) is 0.519. The number of rotatable bonds is 8. The molecule has 0 saturated heterocycles. The molecule has 0 aliphatic heterocycles. The average molecular weight is 467 g/mol. The molecule has 174 valence electrons. The number of methoxy groups -OCH3 is 1. The van der Waals surface area contributed by atoms with Crippen LogP contribution in [0.3, 0.4) is 0 Å². The van der Waals surface area contributed by atoms with Gasteiger partial charge in [0.15, 0.2) is 0 Å². The number of ether oxygens (including phenoxy) is 1. The van der Waals surface area contributed by atoms with E-state index in [-0.39, 0.29) is 18.0 Å². The Balaban J connectivity index is 1.97. The summed E-state index contributed by atoms with van der Waals surface area (Å²) in [5.74, 6) is 0.0671. The Morgan fingerprint density at radius 3 is 2.15 bits per heavy atom. The fourth-order valence-corrected chi connectivity index (χ4v) is 5.78. The second-order valence-corrected chi connectivity index (χ2v) is 10.1. The van der Waals surface area contributed by atoms with E-state index in [0.717, 1.165) is 16.7 Å². The Morgan fingerprint density at radius 2 is 1.55 bits per heavy atom. The number of amides is 1. The van der Waals surface area contributed by atoms with Gasteiger partial charge in [0.25, 0.3) is 0 Å². The van der Waals surface area contributed by atoms with E-state index < -0.39 is 15.9 Å². The third-order valence-corrected chi connectivity index (χ3v) is 7.45. The maximum Gasteiger partial charge on any atom is 0.244 e. The van der Waals surface area contributed by atoms with Gasteiger partial charge in [0, 0.05) is 6.54 Å². The molecule has 3 aromatic rings. The van der Waals surface area contributed by atoms with Gasteiger partial charge < -0.3 is 10.1 Å². The molecule has 3 aromatic carbocycles. The fourth-order valence-electron chi connectivity index (χ4n) is 3.99. The summed E-state index contributed by atoms with van der Waals surface area (Å²) >= 11 is 0. The molecule has 0 bridgehead atoms. The monoisotopic (exact) mass is 466 g/mol. The summed E-state index contributed by atoms with van der Waals surface area (Å²) in [6.07, 6.45) is 0. The van der Waals surface area contributed by atoms with Crippen molar-refractivity contribution in [2.75, 3.05) is 19.0 Å². The number of carbonyl (C=O) groups excluding carboxylic acids is 1. The topological polar surface area (TPSA) is 75.7 Å². The van der Waals surface area contributed by atoms with Crippen LogP contribution in [-0.2, 0) is 21.4 Å². The van der Waals surface area contributed by atoms with Crippen LogP contribution in [0.2, 0.25) is 0 Å². The molecule has 7 heteroatoms. The second kappa shape index (κ2) is 10.2. The van der Waals surface area contributed by atoms with Gasteiger partial charge in [0.2, 0.25) is 15.9 Å². The highest BCUT2D eigenvalue weighted by molar-refractivity contribution is 7.89. The zero-order valence-corrected chi connectivity index (χ0v) is 20.5. The molecule has 0 aliphatic rings. The van der Waals surface area contributed by atoms with E-state index in [1.807, 2.05) is 62.4 Å². The molecule has 0 saturated carbocycles. The van der Waals surface area contributed by atoms with E-state index in [1.54, 1.807) is 26.0 Å². The number of carbonyl (C=O) groups is 1. The molecule has 1 N–H and O–H groups in total. The molecule has 0 radical (unpaired) electrons. The standard InChI is InChI=1S/C26H30N2O4S/c1-18-11-12-24(32-5)23(15-18)27-25(29)17-28(16-22-9-7-6-8-10-22)33(30,31)26-20(3)13-19(2)14-21(26)4/h6-15H,16-17H2,1-5H3,(H,27,29). The first kappa shape index (κ1) is 24.5. The molecule has 0 spiro atoms. The smallest absolute Gasteiger partial charge is 0.244 e. The number of nitrogens with one attached hydrogen (secondary N) is 1. The summed E-state index contributed by atoms with van der Waals surface area (Å²) < 4.78 is 34.1. The third-order valence-electron chi connectivity index (χ3n) is 5.35. The lowest BCUT2D eigenvalue weighted by atomic mass is 10.1. The average Bonchev–Trinajstić information content (AvgIpc) is 2.73. The fraction of sp³-hybridized carbons (Fsp3) is 0.269. The second-order valence-electron chi connectivity index (χ2n) is 8.24. The molecule has 0 aliphatic carbocycles. The first-order valence-corrected chi connectivity index (χ1v) is 12.1. The van der Waals surface area contributed by atoms with Crippen molar-refractivity contribution in [3.63, 3.8) is 0 Å². The van der Waals surface area contributed by atoms with E-state index in [0.29, 0.717) is 22.6 Å². The minimum Gasteiger partial charge on any atom is -0.495 e. The van der Waals surface area contributed by atoms with Gasteiger partial charge in [-0.3, -0.25) is 4.79 Å². The molecule has 0 unspecified atom stereocenters. The van der Waals surface area contributed by atoms with Crippen LogP contribution >= 0.6 is 0 Å². The summed E-state index contributed by atoms with van der Waals surface area (Å²) in [4.78, 5) is 13.3. The third kappa shape index (κ3) is 5.80. The van der Waals surface area contributed by atoms with Gasteiger partial charge in [-0.15, -0.1) is 0 Å². The van der Waals surface area contributed by atoms with Gasteiger partial charge in [0.1, 0.15) is 5.75 Å². The van der Waals surface area contributed by atoms with Crippen LogP contribution in [0.25, 0.3) is 0 Å². The van der Waals surface area contributed by atoms with Crippen LogP contribution in [-0.4, -0.2) is 32.3 Å². The molecule has 6 nitrogen and oxygen atoms in total. The van der Waals surface area contributed by atoms with Crippen molar-refractivity contribution in [3.8, 4) is 5.75 Å². The van der Waals surface area contributed by atoms with Crippen molar-refractivity contribution in [2.24, 2.45) is 0 Å². The summed E-state index contributed by atoms with van der Waals surface area (Å²) in [6, 6.07) is 18.4. The zero-order chi connectivity index (χ0) is 24.2. The van der Waals surface area contributed by atoms with Gasteiger partial charge in [-0.05, 0) is 62.1 Å². The first-order chi connectivity index (χ1) is 15.6. The van der Waals surface area contributed by atoms with Crippen LogP contribution in [0.15, 0.2) is 65.6 Å². The lowest BCUT2D eigenvalue weighted by Gasteiger charge is -2.24. The van der Waals surface area contributed by atoms with E-state index in [9.17, 15) is 13.2 Å². The van der Waals surface area contributed by atoms with Crippen LogP contribution < -0.4 is 10.1 Å². The lowest BCUT2D eigenvalue weighted by molar-refractivity contribution is -0.116. The van der Waals surface area contributed by atoms with Crippen molar-refractivity contribution >= 4 is 21.6 Å². The number of aryl methyl sites for hydroxylation is 4. The number of benzene rings is 3. The van der Waals surface area contributed by atoms with Crippen molar-refractivity contribution in [1.82, 2.24) is 4.31 Å². The van der Waals surface area contributed by atoms with Crippen molar-refractivity contribution in [2.45, 2.75) is 39.1 Å². The van der Waals surface area contributed by atoms with E-state index in [4.69, 9.17) is 4.74 Å². The Labute approximate surface area is 196 Å². The van der Waals surface area contributed by atoms with Crippen LogP contribution in [0, 0.1) is 27.7 Å². The Kier molecular flexibility index (Phi) is 7.56. The van der Waals surface area contributed by atoms with Gasteiger partial charge in [-0.25, -0.2) is 8.42 Å². The maximum absolute atomic E-state index is 13.8. The normalized spacial score (nSPS) is 11.5. The van der Waals surface area contributed by atoms with Gasteiger partial charge in [0.05, 0.1) is 24.2 Å². The summed E-state index contributed by atoms with van der Waals surface area (Å²) in [5.41, 5.74) is 4.55. The Hall–Kier alpha value is -3.16. The molecule has 0 heterocycles. The van der Waals surface area contributed by atoms with Crippen molar-refractivity contribution in [1.29, 1.82) is 0 Å². The van der Waals surface area contributed by atoms with Crippen molar-refractivity contribution < 1.29 is 17.9 Å². The van der Waals surface area contributed by atoms with Gasteiger partial charge in [-0.1, -0.05) is 54.1 Å². The van der Waals surface area contributed by atoms with Crippen LogP contribution in [0.5, 0.6) is 5.75 Å². The SMILES string of the molecule is COc1ccc(C)cc1NC(=O)CN(Cc1ccccc1)S(=O)(=O)c1c(C)cc(C)cc1C. The minimum atomic E-state index is -3.95. The predicted octanol–water partition coefficient (Wildman–Crippen LogP) is 4.76. The number of hydrogen-bond acceptors (Lipinski definition) is 4. The first-order valence-electron chi connectivity index (χ1n) is 10.7. The van der Waals surface area contributed by atoms with E-state index >= 15 is 0 Å². The highest BCUT2D eigenvalue weighted by Crippen LogP contribution is 2.28. The van der Waals surface area contributed by atoms with E-state index in [1.165, 1.54) is 11.4 Å². The van der Waals surface area contributed by atoms with Crippen LogP contribution in [0.1, 0.15) is 27.8 Å². The lowest BCUT2D eigenvalue weighted by Crippen LogP contribution is -2.38. The predicted molar refractivity (Wildman–Crippen MR) is 131 cm³/mol. The summed E-state index contributed by atoms with van der Waals surface area (Å²) in [6.45, 7) is 7.15.